The number of hydrogen-bond donors (Lipinski definition) is 2. The van der Waals surface area contributed by atoms with Gasteiger partial charge in [-0.2, -0.15) is 0 Å². The van der Waals surface area contributed by atoms with Crippen LogP contribution in [0, 0.1) is 5.92 Å². The van der Waals surface area contributed by atoms with Crippen molar-refractivity contribution >= 4 is 11.9 Å². The van der Waals surface area contributed by atoms with Crippen molar-refractivity contribution in [1.82, 2.24) is 5.32 Å². The molecule has 0 radical (unpaired) electrons. The number of carbonyl (C=O) groups is 2. The number of amides is 1. The topological polar surface area (TPSA) is 66.4 Å². The monoisotopic (exact) mass is 389 g/mol. The molecule has 0 aliphatic carbocycles. The molecular weight excluding hydrogens is 350 g/mol. The van der Waals surface area contributed by atoms with Gasteiger partial charge in [0.1, 0.15) is 0 Å². The third kappa shape index (κ3) is 12.5. The van der Waals surface area contributed by atoms with Gasteiger partial charge in [-0.15, -0.1) is 0 Å². The minimum Gasteiger partial charge on any atom is -0.481 e. The molecule has 0 fully saturated rings. The Kier molecular flexibility index (Phi) is 14.0. The van der Waals surface area contributed by atoms with Gasteiger partial charge in [0.2, 0.25) is 5.91 Å². The van der Waals surface area contributed by atoms with Crippen LogP contribution in [0.25, 0.3) is 0 Å². The third-order valence-corrected chi connectivity index (χ3v) is 5.25. The van der Waals surface area contributed by atoms with Crippen molar-refractivity contribution in [3.05, 3.63) is 35.9 Å². The number of carboxylic acid groups (broad SMARTS) is 1. The summed E-state index contributed by atoms with van der Waals surface area (Å²) in [7, 11) is 0. The molecule has 0 saturated carbocycles. The molecule has 0 saturated heterocycles. The maximum Gasteiger partial charge on any atom is 0.304 e. The van der Waals surface area contributed by atoms with E-state index in [9.17, 15) is 9.59 Å². The quantitative estimate of drug-likeness (QED) is 0.334. The van der Waals surface area contributed by atoms with E-state index in [2.05, 4.69) is 12.2 Å². The number of benzene rings is 1. The SMILES string of the molecule is CCCCCCCCCCCCC(CC(=O)O)C(=O)NCCc1ccccc1. The zero-order chi connectivity index (χ0) is 20.5. The molecule has 0 spiro atoms. The van der Waals surface area contributed by atoms with E-state index in [0.717, 1.165) is 19.3 Å². The van der Waals surface area contributed by atoms with Crippen LogP contribution in [0.2, 0.25) is 0 Å². The molecule has 1 aromatic rings. The van der Waals surface area contributed by atoms with E-state index in [4.69, 9.17) is 5.11 Å². The van der Waals surface area contributed by atoms with Crippen LogP contribution < -0.4 is 5.32 Å². The van der Waals surface area contributed by atoms with Crippen LogP contribution >= 0.6 is 0 Å². The minimum absolute atomic E-state index is 0.0748. The minimum atomic E-state index is -0.893. The Morgan fingerprint density at radius 1 is 0.893 bits per heavy atom. The second-order valence-electron chi connectivity index (χ2n) is 7.79. The number of aliphatic carboxylic acids is 1. The Morgan fingerprint density at radius 2 is 1.46 bits per heavy atom. The predicted octanol–water partition coefficient (Wildman–Crippen LogP) is 5.75. The fourth-order valence-electron chi connectivity index (χ4n) is 3.53. The largest absolute Gasteiger partial charge is 0.481 e. The van der Waals surface area contributed by atoms with Crippen molar-refractivity contribution in [3.63, 3.8) is 0 Å². The normalized spacial score (nSPS) is 11.9. The van der Waals surface area contributed by atoms with Gasteiger partial charge in [0.25, 0.3) is 0 Å². The van der Waals surface area contributed by atoms with Crippen LogP contribution in [0.15, 0.2) is 30.3 Å². The molecule has 4 heteroatoms. The molecule has 1 rings (SSSR count). The van der Waals surface area contributed by atoms with E-state index in [1.807, 2.05) is 30.3 Å². The van der Waals surface area contributed by atoms with Crippen molar-refractivity contribution in [1.29, 1.82) is 0 Å². The van der Waals surface area contributed by atoms with Crippen LogP contribution in [-0.2, 0) is 16.0 Å². The van der Waals surface area contributed by atoms with Crippen LogP contribution in [0.5, 0.6) is 0 Å². The fraction of sp³-hybridized carbons (Fsp3) is 0.667. The van der Waals surface area contributed by atoms with E-state index >= 15 is 0 Å². The first-order valence-electron chi connectivity index (χ1n) is 11.2. The molecule has 1 amide bonds. The summed E-state index contributed by atoms with van der Waals surface area (Å²) < 4.78 is 0. The molecular formula is C24H39NO3. The summed E-state index contributed by atoms with van der Waals surface area (Å²) in [4.78, 5) is 23.5. The van der Waals surface area contributed by atoms with Gasteiger partial charge in [-0.3, -0.25) is 9.59 Å². The van der Waals surface area contributed by atoms with Crippen LogP contribution in [-0.4, -0.2) is 23.5 Å². The van der Waals surface area contributed by atoms with Gasteiger partial charge in [-0.05, 0) is 18.4 Å². The first-order valence-corrected chi connectivity index (χ1v) is 11.2. The maximum absolute atomic E-state index is 12.4. The summed E-state index contributed by atoms with van der Waals surface area (Å²) >= 11 is 0. The molecule has 0 bridgehead atoms. The van der Waals surface area contributed by atoms with E-state index in [-0.39, 0.29) is 12.3 Å². The van der Waals surface area contributed by atoms with Crippen molar-refractivity contribution in [2.45, 2.75) is 90.4 Å². The average molecular weight is 390 g/mol. The van der Waals surface area contributed by atoms with Gasteiger partial charge >= 0.3 is 5.97 Å². The molecule has 0 heterocycles. The molecule has 0 aliphatic heterocycles. The molecule has 0 aromatic heterocycles. The van der Waals surface area contributed by atoms with Crippen molar-refractivity contribution in [2.24, 2.45) is 5.92 Å². The second kappa shape index (κ2) is 16.1. The van der Waals surface area contributed by atoms with E-state index in [0.29, 0.717) is 13.0 Å². The number of carbonyl (C=O) groups excluding carboxylic acids is 1. The highest BCUT2D eigenvalue weighted by Crippen LogP contribution is 2.17. The summed E-state index contributed by atoms with van der Waals surface area (Å²) in [5.74, 6) is -1.42. The highest BCUT2D eigenvalue weighted by atomic mass is 16.4. The molecule has 158 valence electrons. The van der Waals surface area contributed by atoms with Crippen molar-refractivity contribution in [2.75, 3.05) is 6.54 Å². The predicted molar refractivity (Wildman–Crippen MR) is 115 cm³/mol. The van der Waals surface area contributed by atoms with E-state index in [1.165, 1.54) is 56.9 Å². The Labute approximate surface area is 171 Å². The van der Waals surface area contributed by atoms with Gasteiger partial charge in [0.05, 0.1) is 6.42 Å². The molecule has 0 aliphatic rings. The average Bonchev–Trinajstić information content (AvgIpc) is 2.69. The number of rotatable bonds is 17. The Balaban J connectivity index is 2.17. The number of unbranched alkanes of at least 4 members (excludes halogenated alkanes) is 9. The lowest BCUT2D eigenvalue weighted by atomic mass is 9.96. The lowest BCUT2D eigenvalue weighted by Gasteiger charge is -2.15. The third-order valence-electron chi connectivity index (χ3n) is 5.25. The van der Waals surface area contributed by atoms with Gasteiger partial charge in [-0.25, -0.2) is 0 Å². The van der Waals surface area contributed by atoms with Gasteiger partial charge in [0.15, 0.2) is 0 Å². The summed E-state index contributed by atoms with van der Waals surface area (Å²) in [6.07, 6.45) is 13.8. The number of carboxylic acids is 1. The molecule has 1 unspecified atom stereocenters. The summed E-state index contributed by atoms with van der Waals surface area (Å²) in [5, 5.41) is 12.0. The van der Waals surface area contributed by atoms with Crippen LogP contribution in [0.4, 0.5) is 0 Å². The maximum atomic E-state index is 12.4. The Morgan fingerprint density at radius 3 is 2.04 bits per heavy atom. The lowest BCUT2D eigenvalue weighted by molar-refractivity contribution is -0.141. The summed E-state index contributed by atoms with van der Waals surface area (Å²) in [5.41, 5.74) is 1.17. The summed E-state index contributed by atoms with van der Waals surface area (Å²) in [6, 6.07) is 10.00. The molecule has 1 aromatic carbocycles. The second-order valence-corrected chi connectivity index (χ2v) is 7.79. The molecule has 2 N–H and O–H groups in total. The summed E-state index contributed by atoms with van der Waals surface area (Å²) in [6.45, 7) is 2.79. The number of nitrogens with one attached hydrogen (secondary N) is 1. The smallest absolute Gasteiger partial charge is 0.304 e. The van der Waals surface area contributed by atoms with Crippen molar-refractivity contribution < 1.29 is 14.7 Å². The highest BCUT2D eigenvalue weighted by molar-refractivity contribution is 5.83. The lowest BCUT2D eigenvalue weighted by Crippen LogP contribution is -2.33. The van der Waals surface area contributed by atoms with Crippen LogP contribution in [0.3, 0.4) is 0 Å². The van der Waals surface area contributed by atoms with Crippen LogP contribution in [0.1, 0.15) is 89.5 Å². The number of hydrogen-bond acceptors (Lipinski definition) is 2. The van der Waals surface area contributed by atoms with E-state index in [1.54, 1.807) is 0 Å². The molecule has 4 nitrogen and oxygen atoms in total. The fourth-order valence-corrected chi connectivity index (χ4v) is 3.53. The van der Waals surface area contributed by atoms with Crippen molar-refractivity contribution in [3.8, 4) is 0 Å². The first kappa shape index (κ1) is 24.2. The standard InChI is InChI=1S/C24H39NO3/c1-2-3-4-5-6-7-8-9-10-14-17-22(20-23(26)27)24(28)25-19-18-21-15-12-11-13-16-21/h11-13,15-16,22H,2-10,14,17-20H2,1H3,(H,25,28)(H,26,27). The van der Waals surface area contributed by atoms with Gasteiger partial charge < -0.3 is 10.4 Å². The van der Waals surface area contributed by atoms with Gasteiger partial charge in [-0.1, -0.05) is 101 Å². The molecule has 1 atom stereocenters. The Bertz CT molecular complexity index is 530. The van der Waals surface area contributed by atoms with Gasteiger partial charge in [0, 0.05) is 12.5 Å². The zero-order valence-corrected chi connectivity index (χ0v) is 17.6. The highest BCUT2D eigenvalue weighted by Gasteiger charge is 2.20. The zero-order valence-electron chi connectivity index (χ0n) is 17.6. The molecule has 28 heavy (non-hydrogen) atoms. The first-order chi connectivity index (χ1) is 13.6. The van der Waals surface area contributed by atoms with E-state index < -0.39 is 11.9 Å². The Hall–Kier alpha value is -1.84.